The van der Waals surface area contributed by atoms with Crippen molar-refractivity contribution in [2.75, 3.05) is 0 Å². The van der Waals surface area contributed by atoms with Crippen molar-refractivity contribution >= 4 is 25.4 Å². The number of benzene rings is 1. The minimum Gasteiger partial charge on any atom is -0.258 e. The molecule has 1 rings (SSSR count). The van der Waals surface area contributed by atoms with Crippen molar-refractivity contribution in [2.24, 2.45) is 0 Å². The predicted octanol–water partition coefficient (Wildman–Crippen LogP) is 1.96. The third-order valence-electron chi connectivity index (χ3n) is 2.14. The normalized spacial score (nSPS) is 10.9. The summed E-state index contributed by atoms with van der Waals surface area (Å²) in [6, 6.07) is 3.65. The maximum Gasteiger partial charge on any atom is 0.274 e. The first-order valence-corrected chi connectivity index (χ1v) is 6.78. The molecule has 90 valence electrons. The van der Waals surface area contributed by atoms with Gasteiger partial charge in [-0.25, -0.2) is 8.42 Å². The lowest BCUT2D eigenvalue weighted by Crippen LogP contribution is -2.01. The summed E-state index contributed by atoms with van der Waals surface area (Å²) in [4.78, 5) is 9.50. The Morgan fingerprint density at radius 1 is 1.53 bits per heavy atom. The molecule has 0 amide bonds. The van der Waals surface area contributed by atoms with Crippen LogP contribution in [0.15, 0.2) is 17.0 Å². The van der Waals surface area contributed by atoms with Crippen molar-refractivity contribution < 1.29 is 13.3 Å². The fraction of sp³-hybridized carbons (Fsp3) is 0.222. The lowest BCUT2D eigenvalue weighted by molar-refractivity contribution is -0.385. The van der Waals surface area contributed by atoms with E-state index in [1.54, 1.807) is 13.0 Å². The zero-order chi connectivity index (χ0) is 13.2. The van der Waals surface area contributed by atoms with Gasteiger partial charge in [-0.2, -0.15) is 5.26 Å². The van der Waals surface area contributed by atoms with E-state index in [9.17, 15) is 18.5 Å². The predicted molar refractivity (Wildman–Crippen MR) is 60.2 cm³/mol. The molecule has 0 unspecified atom stereocenters. The van der Waals surface area contributed by atoms with E-state index in [2.05, 4.69) is 0 Å². The molecular formula is C9H7ClN2O4S. The van der Waals surface area contributed by atoms with Gasteiger partial charge >= 0.3 is 0 Å². The van der Waals surface area contributed by atoms with Crippen molar-refractivity contribution in [3.8, 4) is 6.07 Å². The van der Waals surface area contributed by atoms with E-state index in [4.69, 9.17) is 15.9 Å². The monoisotopic (exact) mass is 274 g/mol. The Bertz CT molecular complexity index is 619. The number of nitro groups is 1. The van der Waals surface area contributed by atoms with Crippen LogP contribution in [0.4, 0.5) is 5.69 Å². The first-order valence-electron chi connectivity index (χ1n) is 4.47. The van der Waals surface area contributed by atoms with Crippen LogP contribution in [0.25, 0.3) is 0 Å². The third kappa shape index (κ3) is 2.72. The van der Waals surface area contributed by atoms with Crippen LogP contribution in [-0.2, 0) is 15.5 Å². The van der Waals surface area contributed by atoms with Crippen LogP contribution >= 0.6 is 10.7 Å². The topological polar surface area (TPSA) is 101 Å². The number of hydrogen-bond donors (Lipinski definition) is 0. The smallest absolute Gasteiger partial charge is 0.258 e. The molecule has 1 aromatic rings. The molecule has 0 saturated carbocycles. The Balaban J connectivity index is 3.70. The summed E-state index contributed by atoms with van der Waals surface area (Å²) in [6.45, 7) is 1.67. The van der Waals surface area contributed by atoms with E-state index in [1.165, 1.54) is 6.07 Å². The molecule has 0 radical (unpaired) electrons. The van der Waals surface area contributed by atoms with Gasteiger partial charge in [-0.15, -0.1) is 0 Å². The zero-order valence-corrected chi connectivity index (χ0v) is 10.2. The average Bonchev–Trinajstić information content (AvgIpc) is 2.25. The van der Waals surface area contributed by atoms with Crippen LogP contribution in [0.1, 0.15) is 18.1 Å². The molecule has 0 heterocycles. The molecule has 1 aromatic carbocycles. The number of aryl methyl sites for hydroxylation is 1. The van der Waals surface area contributed by atoms with Gasteiger partial charge in [0.2, 0.25) is 0 Å². The maximum absolute atomic E-state index is 11.2. The first-order chi connectivity index (χ1) is 7.81. The molecule has 0 aliphatic carbocycles. The minimum absolute atomic E-state index is 0.192. The van der Waals surface area contributed by atoms with Crippen molar-refractivity contribution in [3.63, 3.8) is 0 Å². The van der Waals surface area contributed by atoms with Gasteiger partial charge in [0.15, 0.2) is 0 Å². The Kier molecular flexibility index (Phi) is 3.70. The average molecular weight is 275 g/mol. The van der Waals surface area contributed by atoms with Gasteiger partial charge in [0.1, 0.15) is 11.0 Å². The van der Waals surface area contributed by atoms with Gasteiger partial charge in [-0.05, 0) is 12.5 Å². The second-order valence-corrected chi connectivity index (χ2v) is 5.67. The van der Waals surface area contributed by atoms with Crippen LogP contribution in [0, 0.1) is 21.4 Å². The van der Waals surface area contributed by atoms with Crippen molar-refractivity contribution in [1.29, 1.82) is 5.26 Å². The Hall–Kier alpha value is -1.65. The van der Waals surface area contributed by atoms with Gasteiger partial charge in [0.25, 0.3) is 14.7 Å². The standard InChI is InChI=1S/C9H7ClN2O4S/c1-2-6-3-7(5-11)9(17(10,15)16)4-8(6)12(13)14/h3-4H,2H2,1H3. The quantitative estimate of drug-likeness (QED) is 0.476. The van der Waals surface area contributed by atoms with Crippen molar-refractivity contribution in [2.45, 2.75) is 18.2 Å². The number of nitriles is 1. The highest BCUT2D eigenvalue weighted by Gasteiger charge is 2.23. The van der Waals surface area contributed by atoms with E-state index in [0.29, 0.717) is 6.42 Å². The molecule has 0 aliphatic rings. The summed E-state index contributed by atoms with van der Waals surface area (Å²) in [7, 11) is 0.932. The molecule has 0 saturated heterocycles. The SMILES string of the molecule is CCc1cc(C#N)c(S(=O)(=O)Cl)cc1[N+](=O)[O-]. The van der Waals surface area contributed by atoms with Crippen LogP contribution in [-0.4, -0.2) is 13.3 Å². The van der Waals surface area contributed by atoms with Gasteiger partial charge < -0.3 is 0 Å². The first kappa shape index (κ1) is 13.4. The molecule has 0 fully saturated rings. The summed E-state index contributed by atoms with van der Waals surface area (Å²) >= 11 is 0. The summed E-state index contributed by atoms with van der Waals surface area (Å²) in [5.74, 6) is 0. The summed E-state index contributed by atoms with van der Waals surface area (Å²) < 4.78 is 22.4. The van der Waals surface area contributed by atoms with Crippen molar-refractivity contribution in [1.82, 2.24) is 0 Å². The Morgan fingerprint density at radius 2 is 2.12 bits per heavy atom. The van der Waals surface area contributed by atoms with Gasteiger partial charge in [0.05, 0.1) is 10.5 Å². The molecule has 17 heavy (non-hydrogen) atoms. The molecule has 6 nitrogen and oxygen atoms in total. The highest BCUT2D eigenvalue weighted by atomic mass is 35.7. The van der Waals surface area contributed by atoms with E-state index in [1.807, 2.05) is 0 Å². The molecule has 0 aliphatic heterocycles. The number of nitro benzene ring substituents is 1. The van der Waals surface area contributed by atoms with E-state index >= 15 is 0 Å². The van der Waals surface area contributed by atoms with Crippen LogP contribution in [0.3, 0.4) is 0 Å². The van der Waals surface area contributed by atoms with Gasteiger partial charge in [0, 0.05) is 22.3 Å². The van der Waals surface area contributed by atoms with Gasteiger partial charge in [-0.1, -0.05) is 6.92 Å². The Labute approximate surface area is 102 Å². The number of hydrogen-bond acceptors (Lipinski definition) is 5. The molecular weight excluding hydrogens is 268 g/mol. The highest BCUT2D eigenvalue weighted by molar-refractivity contribution is 8.13. The third-order valence-corrected chi connectivity index (χ3v) is 3.50. The minimum atomic E-state index is -4.18. The maximum atomic E-state index is 11.2. The zero-order valence-electron chi connectivity index (χ0n) is 8.68. The lowest BCUT2D eigenvalue weighted by atomic mass is 10.1. The Morgan fingerprint density at radius 3 is 2.47 bits per heavy atom. The number of nitrogens with zero attached hydrogens (tertiary/aromatic N) is 2. The number of halogens is 1. The van der Waals surface area contributed by atoms with Crippen molar-refractivity contribution in [3.05, 3.63) is 33.4 Å². The van der Waals surface area contributed by atoms with Crippen LogP contribution in [0.5, 0.6) is 0 Å². The van der Waals surface area contributed by atoms with E-state index < -0.39 is 18.9 Å². The molecule has 0 bridgehead atoms. The summed E-state index contributed by atoms with van der Waals surface area (Å²) in [5.41, 5.74) is -0.260. The van der Waals surface area contributed by atoms with Crippen LogP contribution in [0.2, 0.25) is 0 Å². The van der Waals surface area contributed by atoms with Crippen LogP contribution < -0.4 is 0 Å². The second-order valence-electron chi connectivity index (χ2n) is 3.14. The largest absolute Gasteiger partial charge is 0.274 e. The second kappa shape index (κ2) is 4.69. The van der Waals surface area contributed by atoms with Gasteiger partial charge in [-0.3, -0.25) is 10.1 Å². The van der Waals surface area contributed by atoms with E-state index in [0.717, 1.165) is 6.07 Å². The number of rotatable bonds is 3. The van der Waals surface area contributed by atoms with E-state index in [-0.39, 0.29) is 16.8 Å². The lowest BCUT2D eigenvalue weighted by Gasteiger charge is -2.04. The molecule has 0 N–H and O–H groups in total. The molecule has 8 heteroatoms. The summed E-state index contributed by atoms with van der Waals surface area (Å²) in [6.07, 6.45) is 0.313. The fourth-order valence-electron chi connectivity index (χ4n) is 1.36. The highest BCUT2D eigenvalue weighted by Crippen LogP contribution is 2.28. The fourth-order valence-corrected chi connectivity index (χ4v) is 2.36. The molecule has 0 spiro atoms. The molecule has 0 atom stereocenters. The summed E-state index contributed by atoms with van der Waals surface area (Å²) in [5, 5.41) is 19.5. The molecule has 0 aromatic heterocycles.